The number of hydrogen-bond acceptors (Lipinski definition) is 0. The van der Waals surface area contributed by atoms with Gasteiger partial charge in [-0.3, -0.25) is 0 Å². The van der Waals surface area contributed by atoms with Crippen LogP contribution in [0.3, 0.4) is 0 Å². The van der Waals surface area contributed by atoms with E-state index in [1.165, 1.54) is 10.9 Å². The Morgan fingerprint density at radius 3 is 2.92 bits per heavy atom. The first-order chi connectivity index (χ1) is 5.81. The van der Waals surface area contributed by atoms with Crippen molar-refractivity contribution in [3.63, 3.8) is 0 Å². The van der Waals surface area contributed by atoms with Crippen LogP contribution in [0.15, 0.2) is 30.5 Å². The third-order valence-corrected chi connectivity index (χ3v) is 2.31. The fraction of sp³-hybridized carbons (Fsp3) is 0.200. The average molecular weight is 180 g/mol. The molecule has 1 nitrogen and oxygen atoms in total. The maximum Gasteiger partial charge on any atom is 0.0481 e. The third-order valence-electron chi connectivity index (χ3n) is 2.07. The summed E-state index contributed by atoms with van der Waals surface area (Å²) in [5.41, 5.74) is 1.25. The summed E-state index contributed by atoms with van der Waals surface area (Å²) in [7, 11) is 0. The second-order valence-corrected chi connectivity index (χ2v) is 3.24. The summed E-state index contributed by atoms with van der Waals surface area (Å²) in [6, 6.07) is 8.06. The van der Waals surface area contributed by atoms with Gasteiger partial charge in [-0.05, 0) is 31.2 Å². The normalized spacial score (nSPS) is 10.8. The van der Waals surface area contributed by atoms with Gasteiger partial charge >= 0.3 is 0 Å². The van der Waals surface area contributed by atoms with Crippen LogP contribution in [0.1, 0.15) is 6.92 Å². The molecular weight excluding hydrogens is 170 g/mol. The average Bonchev–Trinajstić information content (AvgIpc) is 2.46. The summed E-state index contributed by atoms with van der Waals surface area (Å²) in [5, 5.41) is 2.01. The number of hydrogen-bond donors (Lipinski definition) is 0. The van der Waals surface area contributed by atoms with Crippen LogP contribution in [-0.2, 0) is 6.54 Å². The van der Waals surface area contributed by atoms with Gasteiger partial charge in [0.15, 0.2) is 0 Å². The zero-order valence-corrected chi connectivity index (χ0v) is 7.67. The van der Waals surface area contributed by atoms with Gasteiger partial charge in [-0.2, -0.15) is 0 Å². The van der Waals surface area contributed by atoms with Crippen molar-refractivity contribution in [2.24, 2.45) is 0 Å². The molecule has 0 fully saturated rings. The van der Waals surface area contributed by atoms with Crippen molar-refractivity contribution in [3.8, 4) is 0 Å². The zero-order chi connectivity index (χ0) is 8.55. The highest BCUT2D eigenvalue weighted by Crippen LogP contribution is 2.20. The van der Waals surface area contributed by atoms with Crippen LogP contribution in [0, 0.1) is 0 Å². The van der Waals surface area contributed by atoms with Crippen LogP contribution < -0.4 is 0 Å². The lowest BCUT2D eigenvalue weighted by molar-refractivity contribution is 0.798. The van der Waals surface area contributed by atoms with E-state index >= 15 is 0 Å². The van der Waals surface area contributed by atoms with Gasteiger partial charge in [0.25, 0.3) is 0 Å². The molecule has 1 aromatic heterocycles. The van der Waals surface area contributed by atoms with Gasteiger partial charge in [-0.1, -0.05) is 11.6 Å². The molecule has 0 saturated carbocycles. The lowest BCUT2D eigenvalue weighted by Crippen LogP contribution is -1.89. The highest BCUT2D eigenvalue weighted by Gasteiger charge is 1.98. The molecule has 0 saturated heterocycles. The van der Waals surface area contributed by atoms with E-state index in [1.807, 2.05) is 12.1 Å². The lowest BCUT2D eigenvalue weighted by Gasteiger charge is -1.99. The minimum absolute atomic E-state index is 0.802. The Labute approximate surface area is 76.6 Å². The smallest absolute Gasteiger partial charge is 0.0481 e. The van der Waals surface area contributed by atoms with Gasteiger partial charge in [0.2, 0.25) is 0 Å². The van der Waals surface area contributed by atoms with Crippen molar-refractivity contribution >= 4 is 22.5 Å². The molecule has 0 radical (unpaired) electrons. The van der Waals surface area contributed by atoms with Crippen LogP contribution in [0.25, 0.3) is 10.9 Å². The molecule has 0 aliphatic carbocycles. The Bertz CT molecular complexity index is 403. The Morgan fingerprint density at radius 2 is 2.17 bits per heavy atom. The highest BCUT2D eigenvalue weighted by atomic mass is 35.5. The van der Waals surface area contributed by atoms with Gasteiger partial charge in [-0.15, -0.1) is 0 Å². The van der Waals surface area contributed by atoms with Crippen molar-refractivity contribution in [1.82, 2.24) is 4.57 Å². The first kappa shape index (κ1) is 7.69. The first-order valence-electron chi connectivity index (χ1n) is 4.05. The molecular formula is C10H10ClN. The van der Waals surface area contributed by atoms with Crippen LogP contribution in [0.4, 0.5) is 0 Å². The van der Waals surface area contributed by atoms with E-state index in [9.17, 15) is 0 Å². The largest absolute Gasteiger partial charge is 0.348 e. The van der Waals surface area contributed by atoms with Crippen molar-refractivity contribution in [2.45, 2.75) is 13.5 Å². The SMILES string of the molecule is CCn1ccc2cc(Cl)ccc21. The molecule has 0 N–H and O–H groups in total. The maximum absolute atomic E-state index is 5.86. The highest BCUT2D eigenvalue weighted by molar-refractivity contribution is 6.31. The molecule has 2 heteroatoms. The number of aromatic nitrogens is 1. The number of fused-ring (bicyclic) bond motifs is 1. The molecule has 0 spiro atoms. The Morgan fingerprint density at radius 1 is 1.33 bits per heavy atom. The van der Waals surface area contributed by atoms with Crippen LogP contribution in [0.5, 0.6) is 0 Å². The summed E-state index contributed by atoms with van der Waals surface area (Å²) in [6.07, 6.45) is 2.08. The molecule has 0 amide bonds. The zero-order valence-electron chi connectivity index (χ0n) is 6.92. The van der Waals surface area contributed by atoms with Gasteiger partial charge in [0.05, 0.1) is 0 Å². The van der Waals surface area contributed by atoms with E-state index in [0.717, 1.165) is 11.6 Å². The van der Waals surface area contributed by atoms with Crippen LogP contribution in [0.2, 0.25) is 5.02 Å². The molecule has 1 aromatic carbocycles. The number of aryl methyl sites for hydroxylation is 1. The summed E-state index contributed by atoms with van der Waals surface area (Å²) in [5.74, 6) is 0. The fourth-order valence-corrected chi connectivity index (χ4v) is 1.63. The predicted molar refractivity (Wildman–Crippen MR) is 52.6 cm³/mol. The Kier molecular flexibility index (Phi) is 1.81. The molecule has 0 atom stereocenters. The minimum atomic E-state index is 0.802. The molecule has 0 bridgehead atoms. The fourth-order valence-electron chi connectivity index (χ4n) is 1.45. The molecule has 0 unspecified atom stereocenters. The van der Waals surface area contributed by atoms with Gasteiger partial charge in [-0.25, -0.2) is 0 Å². The number of rotatable bonds is 1. The van der Waals surface area contributed by atoms with Gasteiger partial charge in [0.1, 0.15) is 0 Å². The number of nitrogens with zero attached hydrogens (tertiary/aromatic N) is 1. The molecule has 0 aliphatic rings. The van der Waals surface area contributed by atoms with Crippen LogP contribution in [-0.4, -0.2) is 4.57 Å². The summed E-state index contributed by atoms with van der Waals surface area (Å²) in [6.45, 7) is 3.14. The second-order valence-electron chi connectivity index (χ2n) is 2.80. The minimum Gasteiger partial charge on any atom is -0.348 e. The molecule has 2 aromatic rings. The topological polar surface area (TPSA) is 4.93 Å². The van der Waals surface area contributed by atoms with Crippen molar-refractivity contribution in [2.75, 3.05) is 0 Å². The molecule has 0 aliphatic heterocycles. The van der Waals surface area contributed by atoms with E-state index in [4.69, 9.17) is 11.6 Å². The quantitative estimate of drug-likeness (QED) is 0.633. The van der Waals surface area contributed by atoms with E-state index in [2.05, 4.69) is 29.8 Å². The van der Waals surface area contributed by atoms with E-state index < -0.39 is 0 Å². The van der Waals surface area contributed by atoms with Gasteiger partial charge < -0.3 is 4.57 Å². The summed E-state index contributed by atoms with van der Waals surface area (Å²) < 4.78 is 2.20. The van der Waals surface area contributed by atoms with Crippen molar-refractivity contribution in [3.05, 3.63) is 35.5 Å². The predicted octanol–water partition coefficient (Wildman–Crippen LogP) is 3.31. The maximum atomic E-state index is 5.86. The monoisotopic (exact) mass is 179 g/mol. The molecule has 2 rings (SSSR count). The van der Waals surface area contributed by atoms with Crippen LogP contribution >= 0.6 is 11.6 Å². The Balaban J connectivity index is 2.73. The third kappa shape index (κ3) is 1.10. The van der Waals surface area contributed by atoms with Crippen molar-refractivity contribution in [1.29, 1.82) is 0 Å². The standard InChI is InChI=1S/C10H10ClN/c1-2-12-6-5-8-7-9(11)3-4-10(8)12/h3-7H,2H2,1H3. The van der Waals surface area contributed by atoms with E-state index in [1.54, 1.807) is 0 Å². The van der Waals surface area contributed by atoms with Gasteiger partial charge in [0, 0.05) is 28.7 Å². The van der Waals surface area contributed by atoms with E-state index in [0.29, 0.717) is 0 Å². The summed E-state index contributed by atoms with van der Waals surface area (Å²) in [4.78, 5) is 0. The summed E-state index contributed by atoms with van der Waals surface area (Å²) >= 11 is 5.86. The van der Waals surface area contributed by atoms with Crippen molar-refractivity contribution < 1.29 is 0 Å². The number of halogens is 1. The number of benzene rings is 1. The molecule has 1 heterocycles. The van der Waals surface area contributed by atoms with E-state index in [-0.39, 0.29) is 0 Å². The lowest BCUT2D eigenvalue weighted by atomic mass is 10.2. The first-order valence-corrected chi connectivity index (χ1v) is 4.43. The molecule has 62 valence electrons. The molecule has 12 heavy (non-hydrogen) atoms. The second kappa shape index (κ2) is 2.83. The Hall–Kier alpha value is -0.950.